The van der Waals surface area contributed by atoms with Crippen LogP contribution in [-0.2, 0) is 11.2 Å². The van der Waals surface area contributed by atoms with Crippen molar-refractivity contribution in [1.82, 2.24) is 34.5 Å². The Morgan fingerprint density at radius 1 is 0.695 bits per heavy atom. The molecule has 6 aromatic rings. The van der Waals surface area contributed by atoms with Gasteiger partial charge in [0.15, 0.2) is 17.2 Å². The third-order valence-corrected chi connectivity index (χ3v) is 11.3. The number of ketones is 1. The van der Waals surface area contributed by atoms with Gasteiger partial charge in [-0.25, -0.2) is 25.8 Å². The van der Waals surface area contributed by atoms with Crippen LogP contribution in [0.15, 0.2) is 97.7 Å². The van der Waals surface area contributed by atoms with Gasteiger partial charge in [0.2, 0.25) is 11.9 Å². The number of fused-ring (bicyclic) bond motifs is 1. The molecule has 59 heavy (non-hydrogen) atoms. The highest BCUT2D eigenvalue weighted by atomic mass is 127. The summed E-state index contributed by atoms with van der Waals surface area (Å²) in [4.78, 5) is 26.3. The molecule has 316 valence electrons. The first-order chi connectivity index (χ1) is 28.5. The van der Waals surface area contributed by atoms with Gasteiger partial charge in [0, 0.05) is 49.9 Å². The lowest BCUT2D eigenvalue weighted by molar-refractivity contribution is -0.117. The fourth-order valence-corrected chi connectivity index (χ4v) is 6.32. The number of hydrogen-bond donors (Lipinski definition) is 6. The van der Waals surface area contributed by atoms with Gasteiger partial charge in [0.1, 0.15) is 11.6 Å². The molecule has 0 aliphatic heterocycles. The van der Waals surface area contributed by atoms with E-state index >= 15 is 0 Å². The van der Waals surface area contributed by atoms with Crippen LogP contribution >= 0.6 is 90.4 Å². The van der Waals surface area contributed by atoms with Crippen molar-refractivity contribution in [1.29, 1.82) is 0 Å². The molecule has 6 aromatic heterocycles. The highest BCUT2D eigenvalue weighted by molar-refractivity contribution is 14.1. The number of nitrogens with one attached hydrogen (secondary N) is 2. The number of hydrogen-bond acceptors (Lipinski definition) is 13. The highest BCUT2D eigenvalue weighted by Crippen LogP contribution is 2.33. The Labute approximate surface area is 397 Å². The fraction of sp³-hybridized carbons (Fsp3) is 0.308. The van der Waals surface area contributed by atoms with Gasteiger partial charge in [-0.1, -0.05) is 6.07 Å². The van der Waals surface area contributed by atoms with Gasteiger partial charge >= 0.3 is 0 Å². The predicted octanol–water partition coefficient (Wildman–Crippen LogP) is 7.70. The number of halogens is 6. The van der Waals surface area contributed by atoms with Crippen LogP contribution in [0, 0.1) is 38.0 Å². The van der Waals surface area contributed by atoms with Crippen molar-refractivity contribution >= 4 is 113 Å². The first-order valence-electron chi connectivity index (χ1n) is 18.4. The van der Waals surface area contributed by atoms with Gasteiger partial charge in [0.25, 0.3) is 0 Å². The lowest BCUT2D eigenvalue weighted by Crippen LogP contribution is -2.15. The molecule has 0 amide bonds. The first kappa shape index (κ1) is 50.5. The Morgan fingerprint density at radius 2 is 1.25 bits per heavy atom. The van der Waals surface area contributed by atoms with Crippen molar-refractivity contribution in [2.24, 2.45) is 35.1 Å². The highest BCUT2D eigenvalue weighted by Gasteiger charge is 2.25. The maximum Gasteiger partial charge on any atom is 0.226 e. The van der Waals surface area contributed by atoms with Crippen molar-refractivity contribution in [3.05, 3.63) is 130 Å². The molecule has 3 aliphatic rings. The molecule has 20 heteroatoms. The van der Waals surface area contributed by atoms with Gasteiger partial charge in [-0.3, -0.25) is 20.9 Å². The number of hydrazine groups is 2. The third-order valence-electron chi connectivity index (χ3n) is 7.91. The van der Waals surface area contributed by atoms with Crippen molar-refractivity contribution in [2.75, 3.05) is 17.3 Å². The number of rotatable bonds is 8. The number of nitrogen functional groups attached to an aromatic ring is 1. The summed E-state index contributed by atoms with van der Waals surface area (Å²) in [5.74, 6) is 16.8. The van der Waals surface area contributed by atoms with Gasteiger partial charge in [-0.05, 0) is 201 Å². The van der Waals surface area contributed by atoms with Gasteiger partial charge < -0.3 is 16.5 Å². The van der Waals surface area contributed by atoms with Crippen molar-refractivity contribution in [3.63, 3.8) is 0 Å². The Morgan fingerprint density at radius 3 is 1.69 bits per heavy atom. The van der Waals surface area contributed by atoms with E-state index in [0.717, 1.165) is 49.0 Å². The molecular formula is C39H47F2I4N13O. The van der Waals surface area contributed by atoms with E-state index < -0.39 is 11.9 Å². The molecule has 3 aliphatic carbocycles. The SMILES string of the molecule is Fc1ccccn1.Fc1ncccc1I.Ic1cccn2c(CC3CC3)nnc12.NC1CC1.NN.NNc1ncccc1I.O=C(CNc1ncccc1I)CC1CC1. The van der Waals surface area contributed by atoms with Crippen LogP contribution in [0.4, 0.5) is 20.4 Å². The number of anilines is 2. The van der Waals surface area contributed by atoms with Crippen LogP contribution in [0.1, 0.15) is 50.8 Å². The van der Waals surface area contributed by atoms with Crippen molar-refractivity contribution in [3.8, 4) is 0 Å². The molecule has 0 aromatic carbocycles. The fourth-order valence-electron chi connectivity index (χ4n) is 4.36. The van der Waals surface area contributed by atoms with E-state index in [4.69, 9.17) is 11.6 Å². The maximum absolute atomic E-state index is 12.2. The van der Waals surface area contributed by atoms with Gasteiger partial charge in [-0.2, -0.15) is 8.78 Å². The van der Waals surface area contributed by atoms with Crippen molar-refractivity contribution < 1.29 is 13.6 Å². The summed E-state index contributed by atoms with van der Waals surface area (Å²) in [5, 5.41) is 11.5. The molecular weight excluding hydrogens is 1210 g/mol. The Balaban J connectivity index is 0.000000195. The molecule has 0 radical (unpaired) electrons. The summed E-state index contributed by atoms with van der Waals surface area (Å²) in [6.07, 6.45) is 17.8. The Kier molecular flexibility index (Phi) is 24.5. The maximum atomic E-state index is 12.2. The van der Waals surface area contributed by atoms with Crippen LogP contribution in [-0.4, -0.2) is 52.9 Å². The molecule has 0 bridgehead atoms. The van der Waals surface area contributed by atoms with Crippen LogP contribution in [0.5, 0.6) is 0 Å². The normalized spacial score (nSPS) is 13.3. The zero-order chi connectivity index (χ0) is 43.0. The Hall–Kier alpha value is -2.89. The van der Waals surface area contributed by atoms with Crippen LogP contribution < -0.4 is 34.0 Å². The minimum atomic E-state index is -0.428. The van der Waals surface area contributed by atoms with Crippen LogP contribution in [0.2, 0.25) is 0 Å². The second-order valence-electron chi connectivity index (χ2n) is 12.9. The second kappa shape index (κ2) is 28.6. The standard InChI is InChI=1S/C11H13IN2O.C10H10IN3.C5H3FIN.C5H4FN.C5H6IN3.C3H7N.H4N2/c12-10-2-1-5-13-11(10)14-7-9(15)6-8-3-4-8;11-8-2-1-5-14-9(6-7-3-4-7)12-13-10(8)14;6-5-4(7)2-1-3-8-5;6-5-3-1-2-4-7-5;6-4-2-1-3-8-5(4)9-7;4-3-1-2-3;1-2/h1-2,5,8H,3-4,6-7H2,(H,13,14);1-2,5,7H,3-4,6H2;1-3H;1-4H;1-3H,7H2,(H,8,9);3H,1-2,4H2;1-2H2. The van der Waals surface area contributed by atoms with Crippen molar-refractivity contribution in [2.45, 2.75) is 57.4 Å². The molecule has 9 rings (SSSR count). The lowest BCUT2D eigenvalue weighted by Gasteiger charge is -2.05. The summed E-state index contributed by atoms with van der Waals surface area (Å²) in [6, 6.07) is 20.3. The number of Topliss-reactive ketones (excluding diaryl/α,β-unsaturated/α-hetero) is 1. The topological polar surface area (TPSA) is 227 Å². The summed E-state index contributed by atoms with van der Waals surface area (Å²) in [6.45, 7) is 0.406. The largest absolute Gasteiger partial charge is 0.362 e. The van der Waals surface area contributed by atoms with E-state index in [-0.39, 0.29) is 0 Å². The molecule has 3 saturated carbocycles. The van der Waals surface area contributed by atoms with Gasteiger partial charge in [0.05, 0.1) is 20.8 Å². The number of carbonyl (C=O) groups is 1. The van der Waals surface area contributed by atoms with E-state index in [1.807, 2.05) is 46.9 Å². The van der Waals surface area contributed by atoms with E-state index in [0.29, 0.717) is 27.9 Å². The molecule has 10 N–H and O–H groups in total. The first-order valence-corrected chi connectivity index (χ1v) is 22.7. The summed E-state index contributed by atoms with van der Waals surface area (Å²) in [7, 11) is 0. The second-order valence-corrected chi connectivity index (χ2v) is 17.6. The monoisotopic (exact) mass is 1260 g/mol. The molecule has 0 unspecified atom stereocenters. The number of nitrogens with zero attached hydrogens (tertiary/aromatic N) is 7. The van der Waals surface area contributed by atoms with E-state index in [1.165, 1.54) is 60.6 Å². The molecule has 14 nitrogen and oxygen atoms in total. The summed E-state index contributed by atoms with van der Waals surface area (Å²) >= 11 is 8.55. The molecule has 3 fully saturated rings. The molecule has 0 spiro atoms. The lowest BCUT2D eigenvalue weighted by atomic mass is 10.2. The number of pyridine rings is 5. The Bertz CT molecular complexity index is 2090. The summed E-state index contributed by atoms with van der Waals surface area (Å²) < 4.78 is 29.9. The third kappa shape index (κ3) is 21.5. The molecule has 6 heterocycles. The quantitative estimate of drug-likeness (QED) is 0.0372. The molecule has 0 atom stereocenters. The number of nitrogens with two attached hydrogens (primary N) is 4. The minimum absolute atomic E-state index is 0.291. The van der Waals surface area contributed by atoms with Gasteiger partial charge in [-0.15, -0.1) is 10.2 Å². The average Bonchev–Trinajstić information content (AvgIpc) is 4.17. The smallest absolute Gasteiger partial charge is 0.226 e. The van der Waals surface area contributed by atoms with E-state index in [2.05, 4.69) is 143 Å². The zero-order valence-corrected chi connectivity index (χ0v) is 40.6. The number of carbonyl (C=O) groups excluding carboxylic acids is 1. The van der Waals surface area contributed by atoms with E-state index in [9.17, 15) is 13.6 Å². The predicted molar refractivity (Wildman–Crippen MR) is 261 cm³/mol. The van der Waals surface area contributed by atoms with E-state index in [1.54, 1.807) is 36.7 Å². The van der Waals surface area contributed by atoms with Crippen LogP contribution in [0.3, 0.4) is 0 Å². The zero-order valence-electron chi connectivity index (χ0n) is 31.9. The summed E-state index contributed by atoms with van der Waals surface area (Å²) in [5.41, 5.74) is 8.69. The minimum Gasteiger partial charge on any atom is -0.362 e. The van der Waals surface area contributed by atoms with Crippen LogP contribution in [0.25, 0.3) is 5.65 Å². The average molecular weight is 1260 g/mol. The molecule has 0 saturated heterocycles. The number of aromatic nitrogens is 7.